The van der Waals surface area contributed by atoms with Gasteiger partial charge < -0.3 is 21.3 Å². The Labute approximate surface area is 122 Å². The first-order valence-corrected chi connectivity index (χ1v) is 7.43. The number of nitrogens with zero attached hydrogens (tertiary/aromatic N) is 1. The Bertz CT molecular complexity index is 276. The summed E-state index contributed by atoms with van der Waals surface area (Å²) in [5.74, 6) is 0.589. The van der Waals surface area contributed by atoms with Crippen molar-refractivity contribution in [3.63, 3.8) is 0 Å². The van der Waals surface area contributed by atoms with Crippen LogP contribution in [-0.4, -0.2) is 50.6 Å². The molecule has 6 heteroatoms. The minimum atomic E-state index is -0.148. The van der Waals surface area contributed by atoms with Crippen molar-refractivity contribution in [2.75, 3.05) is 33.7 Å². The van der Waals surface area contributed by atoms with E-state index in [2.05, 4.69) is 17.6 Å². The van der Waals surface area contributed by atoms with Gasteiger partial charge in [0.05, 0.1) is 0 Å². The van der Waals surface area contributed by atoms with Gasteiger partial charge in [-0.1, -0.05) is 19.8 Å². The molecule has 0 aliphatic heterocycles. The average molecular weight is 286 g/mol. The molecule has 0 aliphatic carbocycles. The van der Waals surface area contributed by atoms with E-state index < -0.39 is 0 Å². The number of urea groups is 1. The number of carbonyl (C=O) groups is 2. The molecule has 0 fully saturated rings. The van der Waals surface area contributed by atoms with Crippen molar-refractivity contribution in [3.8, 4) is 0 Å². The molecule has 1 atom stereocenters. The van der Waals surface area contributed by atoms with E-state index in [9.17, 15) is 9.59 Å². The molecule has 4 N–H and O–H groups in total. The third kappa shape index (κ3) is 9.61. The van der Waals surface area contributed by atoms with Crippen LogP contribution in [0.3, 0.4) is 0 Å². The molecule has 6 nitrogen and oxygen atoms in total. The van der Waals surface area contributed by atoms with Gasteiger partial charge in [0.2, 0.25) is 5.91 Å². The summed E-state index contributed by atoms with van der Waals surface area (Å²) in [6.45, 7) is 3.75. The molecule has 0 aromatic heterocycles. The van der Waals surface area contributed by atoms with Gasteiger partial charge in [-0.05, 0) is 25.3 Å². The lowest BCUT2D eigenvalue weighted by Crippen LogP contribution is -2.39. The first-order chi connectivity index (χ1) is 9.51. The van der Waals surface area contributed by atoms with Crippen molar-refractivity contribution in [1.29, 1.82) is 0 Å². The molecule has 0 radical (unpaired) electrons. The Balaban J connectivity index is 3.69. The van der Waals surface area contributed by atoms with Crippen LogP contribution < -0.4 is 16.4 Å². The average Bonchev–Trinajstić information content (AvgIpc) is 2.41. The fourth-order valence-electron chi connectivity index (χ4n) is 2.03. The van der Waals surface area contributed by atoms with Crippen molar-refractivity contribution in [2.45, 2.75) is 39.0 Å². The number of amides is 3. The second-order valence-electron chi connectivity index (χ2n) is 5.25. The van der Waals surface area contributed by atoms with Crippen LogP contribution in [-0.2, 0) is 4.79 Å². The molecule has 0 rings (SSSR count). The molecule has 1 unspecified atom stereocenters. The van der Waals surface area contributed by atoms with Gasteiger partial charge in [0.15, 0.2) is 0 Å². The molecule has 20 heavy (non-hydrogen) atoms. The first-order valence-electron chi connectivity index (χ1n) is 7.43. The number of carbonyl (C=O) groups excluding carboxylic acids is 2. The fraction of sp³-hybridized carbons (Fsp3) is 0.857. The summed E-state index contributed by atoms with van der Waals surface area (Å²) in [6, 6.07) is -0.148. The van der Waals surface area contributed by atoms with Crippen LogP contribution in [0.5, 0.6) is 0 Å². The lowest BCUT2D eigenvalue weighted by atomic mass is 9.94. The Hall–Kier alpha value is -1.30. The van der Waals surface area contributed by atoms with Gasteiger partial charge in [-0.25, -0.2) is 4.79 Å². The van der Waals surface area contributed by atoms with Crippen molar-refractivity contribution < 1.29 is 9.59 Å². The van der Waals surface area contributed by atoms with E-state index in [0.717, 1.165) is 25.7 Å². The highest BCUT2D eigenvalue weighted by atomic mass is 16.2. The van der Waals surface area contributed by atoms with E-state index in [1.54, 1.807) is 14.1 Å². The Morgan fingerprint density at radius 1 is 1.10 bits per heavy atom. The minimum absolute atomic E-state index is 0.0437. The largest absolute Gasteiger partial charge is 0.354 e. The van der Waals surface area contributed by atoms with Crippen molar-refractivity contribution in [3.05, 3.63) is 0 Å². The first kappa shape index (κ1) is 18.7. The minimum Gasteiger partial charge on any atom is -0.354 e. The quantitative estimate of drug-likeness (QED) is 0.522. The van der Waals surface area contributed by atoms with Crippen LogP contribution in [0.25, 0.3) is 0 Å². The third-order valence-corrected chi connectivity index (χ3v) is 3.18. The number of nitrogens with two attached hydrogens (primary N) is 1. The third-order valence-electron chi connectivity index (χ3n) is 3.18. The summed E-state index contributed by atoms with van der Waals surface area (Å²) in [5, 5.41) is 5.51. The molecule has 0 aliphatic rings. The second kappa shape index (κ2) is 11.5. The molecule has 0 heterocycles. The van der Waals surface area contributed by atoms with Gasteiger partial charge in [-0.2, -0.15) is 0 Å². The van der Waals surface area contributed by atoms with E-state index in [-0.39, 0.29) is 11.9 Å². The van der Waals surface area contributed by atoms with Gasteiger partial charge in [0.1, 0.15) is 0 Å². The predicted octanol–water partition coefficient (Wildman–Crippen LogP) is 0.919. The van der Waals surface area contributed by atoms with Crippen LogP contribution in [0.2, 0.25) is 0 Å². The number of rotatable bonds is 10. The molecule has 0 saturated carbocycles. The van der Waals surface area contributed by atoms with Crippen LogP contribution in [0.4, 0.5) is 4.79 Å². The van der Waals surface area contributed by atoms with Crippen LogP contribution in [0, 0.1) is 5.92 Å². The molecule has 0 saturated heterocycles. The highest BCUT2D eigenvalue weighted by Gasteiger charge is 2.10. The zero-order valence-electron chi connectivity index (χ0n) is 13.1. The number of nitrogens with one attached hydrogen (secondary N) is 2. The van der Waals surface area contributed by atoms with Crippen molar-refractivity contribution >= 4 is 11.9 Å². The molecule has 3 amide bonds. The summed E-state index contributed by atoms with van der Waals surface area (Å²) in [7, 11) is 3.36. The maximum absolute atomic E-state index is 11.7. The lowest BCUT2D eigenvalue weighted by Gasteiger charge is -2.15. The van der Waals surface area contributed by atoms with Gasteiger partial charge in [-0.15, -0.1) is 0 Å². The molecule has 118 valence electrons. The molecule has 0 aromatic carbocycles. The normalized spacial score (nSPS) is 11.8. The smallest absolute Gasteiger partial charge is 0.316 e. The standard InChI is InChI=1S/C14H30N4O2/c1-4-5-12(8-9-15)6-7-13(19)16-10-11-17-14(20)18(2)3/h12H,4-11,15H2,1-3H3,(H,16,19)(H,17,20). The second-order valence-corrected chi connectivity index (χ2v) is 5.25. The SMILES string of the molecule is CCCC(CCN)CCC(=O)NCCNC(=O)N(C)C. The van der Waals surface area contributed by atoms with E-state index in [0.29, 0.717) is 32.0 Å². The van der Waals surface area contributed by atoms with E-state index in [1.807, 2.05) is 0 Å². The van der Waals surface area contributed by atoms with Gasteiger partial charge in [0.25, 0.3) is 0 Å². The molecule has 0 bridgehead atoms. The van der Waals surface area contributed by atoms with Crippen LogP contribution >= 0.6 is 0 Å². The van der Waals surface area contributed by atoms with Gasteiger partial charge in [-0.3, -0.25) is 4.79 Å². The van der Waals surface area contributed by atoms with Crippen molar-refractivity contribution in [2.24, 2.45) is 11.7 Å². The van der Waals surface area contributed by atoms with E-state index in [4.69, 9.17) is 5.73 Å². The molecular formula is C14H30N4O2. The van der Waals surface area contributed by atoms with E-state index >= 15 is 0 Å². The Morgan fingerprint density at radius 2 is 1.75 bits per heavy atom. The summed E-state index contributed by atoms with van der Waals surface area (Å²) < 4.78 is 0. The lowest BCUT2D eigenvalue weighted by molar-refractivity contribution is -0.121. The fourth-order valence-corrected chi connectivity index (χ4v) is 2.03. The number of hydrogen-bond donors (Lipinski definition) is 3. The summed E-state index contributed by atoms with van der Waals surface area (Å²) in [6.07, 6.45) is 4.67. The maximum Gasteiger partial charge on any atom is 0.316 e. The summed E-state index contributed by atoms with van der Waals surface area (Å²) in [4.78, 5) is 24.4. The summed E-state index contributed by atoms with van der Waals surface area (Å²) in [5.41, 5.74) is 5.57. The Morgan fingerprint density at radius 3 is 2.30 bits per heavy atom. The zero-order chi connectivity index (χ0) is 15.4. The van der Waals surface area contributed by atoms with Crippen LogP contribution in [0.1, 0.15) is 39.0 Å². The highest BCUT2D eigenvalue weighted by molar-refractivity contribution is 5.76. The number of hydrogen-bond acceptors (Lipinski definition) is 3. The topological polar surface area (TPSA) is 87.5 Å². The molecule has 0 spiro atoms. The Kier molecular flexibility index (Phi) is 10.8. The van der Waals surface area contributed by atoms with E-state index in [1.165, 1.54) is 4.90 Å². The zero-order valence-corrected chi connectivity index (χ0v) is 13.1. The van der Waals surface area contributed by atoms with Crippen LogP contribution in [0.15, 0.2) is 0 Å². The van der Waals surface area contributed by atoms with Gasteiger partial charge >= 0.3 is 6.03 Å². The monoisotopic (exact) mass is 286 g/mol. The van der Waals surface area contributed by atoms with Crippen molar-refractivity contribution in [1.82, 2.24) is 15.5 Å². The molecular weight excluding hydrogens is 256 g/mol. The molecule has 0 aromatic rings. The predicted molar refractivity (Wildman–Crippen MR) is 81.4 cm³/mol. The highest BCUT2D eigenvalue weighted by Crippen LogP contribution is 2.16. The summed E-state index contributed by atoms with van der Waals surface area (Å²) >= 11 is 0. The maximum atomic E-state index is 11.7. The van der Waals surface area contributed by atoms with Gasteiger partial charge in [0, 0.05) is 33.6 Å².